The zero-order valence-electron chi connectivity index (χ0n) is 8.70. The molecule has 0 saturated carbocycles. The summed E-state index contributed by atoms with van der Waals surface area (Å²) in [6.45, 7) is 9.11. The first kappa shape index (κ1) is 11.0. The lowest BCUT2D eigenvalue weighted by atomic mass is 9.89. The van der Waals surface area contributed by atoms with Gasteiger partial charge in [-0.1, -0.05) is 26.7 Å². The second-order valence-corrected chi connectivity index (χ2v) is 4.23. The summed E-state index contributed by atoms with van der Waals surface area (Å²) in [6.07, 6.45) is 3.93. The van der Waals surface area contributed by atoms with Gasteiger partial charge in [-0.05, 0) is 33.2 Å². The third-order valence-corrected chi connectivity index (χ3v) is 2.32. The highest BCUT2D eigenvalue weighted by Gasteiger charge is 2.17. The molecule has 0 aromatic rings. The van der Waals surface area contributed by atoms with Crippen molar-refractivity contribution in [2.75, 3.05) is 7.05 Å². The molecule has 68 valence electrons. The lowest BCUT2D eigenvalue weighted by Gasteiger charge is -2.27. The molecule has 11 heavy (non-hydrogen) atoms. The van der Waals surface area contributed by atoms with Crippen molar-refractivity contribution in [3.63, 3.8) is 0 Å². The van der Waals surface area contributed by atoms with E-state index in [0.29, 0.717) is 5.54 Å². The van der Waals surface area contributed by atoms with Crippen LogP contribution in [0, 0.1) is 5.92 Å². The summed E-state index contributed by atoms with van der Waals surface area (Å²) in [5, 5.41) is 3.33. The van der Waals surface area contributed by atoms with Crippen LogP contribution in [0.25, 0.3) is 0 Å². The third-order valence-electron chi connectivity index (χ3n) is 2.32. The topological polar surface area (TPSA) is 12.0 Å². The van der Waals surface area contributed by atoms with Gasteiger partial charge in [0.2, 0.25) is 0 Å². The van der Waals surface area contributed by atoms with Crippen LogP contribution in [0.5, 0.6) is 0 Å². The fourth-order valence-corrected chi connectivity index (χ4v) is 1.57. The van der Waals surface area contributed by atoms with E-state index < -0.39 is 0 Å². The normalized spacial score (nSPS) is 15.0. The molecule has 1 N–H and O–H groups in total. The van der Waals surface area contributed by atoms with Crippen molar-refractivity contribution in [3.8, 4) is 0 Å². The first-order valence-corrected chi connectivity index (χ1v) is 4.70. The monoisotopic (exact) mass is 157 g/mol. The predicted molar refractivity (Wildman–Crippen MR) is 51.8 cm³/mol. The van der Waals surface area contributed by atoms with Gasteiger partial charge in [-0.15, -0.1) is 0 Å². The van der Waals surface area contributed by atoms with E-state index in [1.54, 1.807) is 0 Å². The average Bonchev–Trinajstić information content (AvgIpc) is 1.87. The minimum Gasteiger partial charge on any atom is -0.315 e. The zero-order valence-corrected chi connectivity index (χ0v) is 8.70. The van der Waals surface area contributed by atoms with E-state index in [9.17, 15) is 0 Å². The quantitative estimate of drug-likeness (QED) is 0.647. The molecule has 0 aliphatic heterocycles. The second-order valence-electron chi connectivity index (χ2n) is 4.23. The molecule has 1 unspecified atom stereocenters. The fraction of sp³-hybridized carbons (Fsp3) is 1.00. The van der Waals surface area contributed by atoms with Gasteiger partial charge >= 0.3 is 0 Å². The molecular formula is C10H23N. The Kier molecular flexibility index (Phi) is 4.74. The van der Waals surface area contributed by atoms with Crippen LogP contribution in [0.4, 0.5) is 0 Å². The van der Waals surface area contributed by atoms with Crippen molar-refractivity contribution in [2.24, 2.45) is 5.92 Å². The Morgan fingerprint density at radius 3 is 2.27 bits per heavy atom. The van der Waals surface area contributed by atoms with E-state index in [4.69, 9.17) is 0 Å². The molecule has 0 radical (unpaired) electrons. The Bertz CT molecular complexity index is 97.0. The molecule has 1 nitrogen and oxygen atoms in total. The number of rotatable bonds is 5. The van der Waals surface area contributed by atoms with E-state index in [2.05, 4.69) is 33.0 Å². The summed E-state index contributed by atoms with van der Waals surface area (Å²) < 4.78 is 0. The van der Waals surface area contributed by atoms with Gasteiger partial charge in [0.1, 0.15) is 0 Å². The molecule has 1 heteroatoms. The molecule has 0 aliphatic rings. The highest BCUT2D eigenvalue weighted by Crippen LogP contribution is 2.19. The number of hydrogen-bond donors (Lipinski definition) is 1. The minimum absolute atomic E-state index is 0.314. The SMILES string of the molecule is CCCC(C)CC(C)(C)NC. The van der Waals surface area contributed by atoms with E-state index in [1.165, 1.54) is 19.3 Å². The van der Waals surface area contributed by atoms with Crippen LogP contribution >= 0.6 is 0 Å². The number of hydrogen-bond acceptors (Lipinski definition) is 1. The molecule has 0 aromatic heterocycles. The molecule has 0 saturated heterocycles. The van der Waals surface area contributed by atoms with E-state index in [1.807, 2.05) is 7.05 Å². The maximum atomic E-state index is 3.33. The third kappa shape index (κ3) is 5.25. The van der Waals surface area contributed by atoms with Crippen molar-refractivity contribution < 1.29 is 0 Å². The van der Waals surface area contributed by atoms with Crippen LogP contribution in [0.3, 0.4) is 0 Å². The van der Waals surface area contributed by atoms with Crippen LogP contribution in [-0.4, -0.2) is 12.6 Å². The first-order chi connectivity index (χ1) is 5.02. The fourth-order valence-electron chi connectivity index (χ4n) is 1.57. The van der Waals surface area contributed by atoms with Crippen LogP contribution in [-0.2, 0) is 0 Å². The number of nitrogens with one attached hydrogen (secondary N) is 1. The predicted octanol–water partition coefficient (Wildman–Crippen LogP) is 2.81. The summed E-state index contributed by atoms with van der Waals surface area (Å²) in [5.41, 5.74) is 0.314. The van der Waals surface area contributed by atoms with E-state index in [-0.39, 0.29) is 0 Å². The van der Waals surface area contributed by atoms with Crippen molar-refractivity contribution in [1.82, 2.24) is 5.32 Å². The molecular weight excluding hydrogens is 134 g/mol. The Hall–Kier alpha value is -0.0400. The van der Waals surface area contributed by atoms with Gasteiger partial charge in [-0.25, -0.2) is 0 Å². The van der Waals surface area contributed by atoms with Crippen molar-refractivity contribution >= 4 is 0 Å². The van der Waals surface area contributed by atoms with E-state index in [0.717, 1.165) is 5.92 Å². The largest absolute Gasteiger partial charge is 0.315 e. The van der Waals surface area contributed by atoms with Crippen LogP contribution < -0.4 is 5.32 Å². The Balaban J connectivity index is 3.64. The van der Waals surface area contributed by atoms with Gasteiger partial charge < -0.3 is 5.32 Å². The van der Waals surface area contributed by atoms with Crippen LogP contribution in [0.15, 0.2) is 0 Å². The van der Waals surface area contributed by atoms with Gasteiger partial charge in [0.25, 0.3) is 0 Å². The molecule has 0 aliphatic carbocycles. The average molecular weight is 157 g/mol. The highest BCUT2D eigenvalue weighted by molar-refractivity contribution is 4.77. The summed E-state index contributed by atoms with van der Waals surface area (Å²) in [4.78, 5) is 0. The Morgan fingerprint density at radius 2 is 1.91 bits per heavy atom. The van der Waals surface area contributed by atoms with Crippen LogP contribution in [0.2, 0.25) is 0 Å². The molecule has 1 atom stereocenters. The summed E-state index contributed by atoms with van der Waals surface area (Å²) >= 11 is 0. The summed E-state index contributed by atoms with van der Waals surface area (Å²) in [6, 6.07) is 0. The second kappa shape index (κ2) is 4.76. The van der Waals surface area contributed by atoms with Crippen molar-refractivity contribution in [2.45, 2.75) is 52.5 Å². The van der Waals surface area contributed by atoms with Crippen molar-refractivity contribution in [1.29, 1.82) is 0 Å². The van der Waals surface area contributed by atoms with E-state index >= 15 is 0 Å². The van der Waals surface area contributed by atoms with Gasteiger partial charge in [0, 0.05) is 5.54 Å². The molecule has 0 rings (SSSR count). The lowest BCUT2D eigenvalue weighted by molar-refractivity contribution is 0.315. The van der Waals surface area contributed by atoms with Gasteiger partial charge in [0.15, 0.2) is 0 Å². The van der Waals surface area contributed by atoms with Crippen LogP contribution in [0.1, 0.15) is 47.0 Å². The van der Waals surface area contributed by atoms with Gasteiger partial charge in [-0.3, -0.25) is 0 Å². The molecule has 0 amide bonds. The first-order valence-electron chi connectivity index (χ1n) is 4.70. The lowest BCUT2D eigenvalue weighted by Crippen LogP contribution is -2.37. The maximum absolute atomic E-state index is 3.33. The molecule has 0 bridgehead atoms. The summed E-state index contributed by atoms with van der Waals surface area (Å²) in [5.74, 6) is 0.849. The molecule has 0 heterocycles. The highest BCUT2D eigenvalue weighted by atomic mass is 14.9. The summed E-state index contributed by atoms with van der Waals surface area (Å²) in [7, 11) is 2.04. The molecule has 0 spiro atoms. The molecule has 0 fully saturated rings. The Labute approximate surface area is 71.6 Å². The standard InChI is InChI=1S/C10H23N/c1-6-7-9(2)8-10(3,4)11-5/h9,11H,6-8H2,1-5H3. The van der Waals surface area contributed by atoms with Crippen molar-refractivity contribution in [3.05, 3.63) is 0 Å². The Morgan fingerprint density at radius 1 is 1.36 bits per heavy atom. The maximum Gasteiger partial charge on any atom is 0.0124 e. The zero-order chi connectivity index (χ0) is 8.91. The minimum atomic E-state index is 0.314. The van der Waals surface area contributed by atoms with Gasteiger partial charge in [0.05, 0.1) is 0 Å². The smallest absolute Gasteiger partial charge is 0.0124 e. The van der Waals surface area contributed by atoms with Gasteiger partial charge in [-0.2, -0.15) is 0 Å². The molecule has 0 aromatic carbocycles.